The Kier molecular flexibility index (Phi) is 3.27. The molecule has 6 nitrogen and oxygen atoms in total. The number of imidazole rings is 1. The lowest BCUT2D eigenvalue weighted by atomic mass is 9.99. The Balaban J connectivity index is 0.00000121. The molecular formula is C12H14ClN5OS. The van der Waals surface area contributed by atoms with Gasteiger partial charge in [-0.1, -0.05) is 18.0 Å². The number of aromatic nitrogens is 4. The Labute approximate surface area is 125 Å². The zero-order chi connectivity index (χ0) is 12.9. The maximum Gasteiger partial charge on any atom is 0.275 e. The molecule has 1 saturated carbocycles. The summed E-state index contributed by atoms with van der Waals surface area (Å²) >= 11 is 1.60. The number of hydrogen-bond donors (Lipinski definition) is 1. The van der Waals surface area contributed by atoms with Crippen LogP contribution in [0.15, 0.2) is 22.4 Å². The lowest BCUT2D eigenvalue weighted by Crippen LogP contribution is -2.34. The van der Waals surface area contributed by atoms with E-state index in [1.807, 2.05) is 16.0 Å². The molecule has 1 fully saturated rings. The molecule has 106 valence electrons. The first-order valence-electron chi connectivity index (χ1n) is 6.29. The Morgan fingerprint density at radius 1 is 1.35 bits per heavy atom. The van der Waals surface area contributed by atoms with Gasteiger partial charge >= 0.3 is 0 Å². The van der Waals surface area contributed by atoms with Crippen molar-refractivity contribution in [1.82, 2.24) is 19.5 Å². The predicted molar refractivity (Wildman–Crippen MR) is 77.9 cm³/mol. The third kappa shape index (κ3) is 1.93. The van der Waals surface area contributed by atoms with Gasteiger partial charge in [-0.25, -0.2) is 4.98 Å². The van der Waals surface area contributed by atoms with Crippen molar-refractivity contribution >= 4 is 28.6 Å². The first kappa shape index (κ1) is 13.5. The minimum absolute atomic E-state index is 0. The van der Waals surface area contributed by atoms with Crippen molar-refractivity contribution in [2.75, 3.05) is 0 Å². The summed E-state index contributed by atoms with van der Waals surface area (Å²) in [7, 11) is 0. The minimum Gasteiger partial charge on any atom is -0.332 e. The zero-order valence-electron chi connectivity index (χ0n) is 10.7. The number of halogens is 1. The number of nitrogens with zero attached hydrogens (tertiary/aromatic N) is 4. The molecule has 4 rings (SSSR count). The molecule has 3 aromatic heterocycles. The molecule has 0 saturated heterocycles. The minimum atomic E-state index is -0.411. The monoisotopic (exact) mass is 311 g/mol. The van der Waals surface area contributed by atoms with Crippen LogP contribution in [0.2, 0.25) is 0 Å². The fourth-order valence-corrected chi connectivity index (χ4v) is 3.46. The van der Waals surface area contributed by atoms with Crippen LogP contribution in [0.1, 0.15) is 31.5 Å². The molecule has 20 heavy (non-hydrogen) atoms. The average molecular weight is 312 g/mol. The smallest absolute Gasteiger partial charge is 0.275 e. The second-order valence-electron chi connectivity index (χ2n) is 5.01. The highest BCUT2D eigenvalue weighted by Gasteiger charge is 2.36. The Morgan fingerprint density at radius 3 is 2.95 bits per heavy atom. The van der Waals surface area contributed by atoms with Crippen LogP contribution in [-0.4, -0.2) is 19.5 Å². The van der Waals surface area contributed by atoms with Crippen molar-refractivity contribution < 1.29 is 4.52 Å². The van der Waals surface area contributed by atoms with Crippen LogP contribution in [0.4, 0.5) is 0 Å². The summed E-state index contributed by atoms with van der Waals surface area (Å²) in [5.74, 6) is 1.13. The molecule has 8 heteroatoms. The van der Waals surface area contributed by atoms with Crippen molar-refractivity contribution in [2.45, 2.75) is 31.2 Å². The normalized spacial score (nSPS) is 17.4. The molecular weight excluding hydrogens is 298 g/mol. The predicted octanol–water partition coefficient (Wildman–Crippen LogP) is 2.60. The van der Waals surface area contributed by atoms with E-state index < -0.39 is 5.54 Å². The summed E-state index contributed by atoms with van der Waals surface area (Å²) in [5, 5.41) is 6.07. The lowest BCUT2D eigenvalue weighted by molar-refractivity contribution is 0.372. The highest BCUT2D eigenvalue weighted by Crippen LogP contribution is 2.35. The van der Waals surface area contributed by atoms with Gasteiger partial charge in [-0.15, -0.1) is 23.7 Å². The van der Waals surface area contributed by atoms with Crippen molar-refractivity contribution in [3.63, 3.8) is 0 Å². The number of hydrogen-bond acceptors (Lipinski definition) is 6. The second kappa shape index (κ2) is 4.83. The summed E-state index contributed by atoms with van der Waals surface area (Å²) in [6.07, 6.45) is 7.67. The molecule has 0 atom stereocenters. The largest absolute Gasteiger partial charge is 0.332 e. The van der Waals surface area contributed by atoms with Gasteiger partial charge in [-0.3, -0.25) is 4.40 Å². The van der Waals surface area contributed by atoms with Gasteiger partial charge in [0.25, 0.3) is 5.89 Å². The van der Waals surface area contributed by atoms with E-state index in [4.69, 9.17) is 10.3 Å². The number of fused-ring (bicyclic) bond motifs is 1. The molecule has 0 aliphatic heterocycles. The Hall–Kier alpha value is -1.44. The second-order valence-corrected chi connectivity index (χ2v) is 5.90. The SMILES string of the molecule is Cl.NC1(c2noc(-c3csc4cncn34)n2)CCCC1. The summed E-state index contributed by atoms with van der Waals surface area (Å²) in [4.78, 5) is 9.65. The molecule has 0 spiro atoms. The fourth-order valence-electron chi connectivity index (χ4n) is 2.64. The van der Waals surface area contributed by atoms with Crippen molar-refractivity contribution in [2.24, 2.45) is 5.73 Å². The molecule has 3 heterocycles. The number of rotatable bonds is 2. The average Bonchev–Trinajstić information content (AvgIpc) is 3.12. The third-order valence-corrected chi connectivity index (χ3v) is 4.63. The maximum atomic E-state index is 6.34. The standard InChI is InChI=1S/C12H13N5OS.ClH/c13-12(3-1-2-4-12)11-15-10(18-16-11)8-6-19-9-5-14-7-17(8)9;/h5-7H,1-4,13H2;1H. The summed E-state index contributed by atoms with van der Waals surface area (Å²) < 4.78 is 7.33. The van der Waals surface area contributed by atoms with E-state index in [2.05, 4.69) is 15.1 Å². The molecule has 0 radical (unpaired) electrons. The quantitative estimate of drug-likeness (QED) is 0.786. The van der Waals surface area contributed by atoms with E-state index in [9.17, 15) is 0 Å². The number of nitrogens with two attached hydrogens (primary N) is 1. The van der Waals surface area contributed by atoms with Crippen LogP contribution >= 0.6 is 23.7 Å². The van der Waals surface area contributed by atoms with E-state index in [0.29, 0.717) is 11.7 Å². The van der Waals surface area contributed by atoms with Gasteiger partial charge in [0.2, 0.25) is 0 Å². The van der Waals surface area contributed by atoms with Crippen molar-refractivity contribution in [3.8, 4) is 11.6 Å². The fraction of sp³-hybridized carbons (Fsp3) is 0.417. The molecule has 0 amide bonds. The maximum absolute atomic E-state index is 6.34. The molecule has 2 N–H and O–H groups in total. The van der Waals surface area contributed by atoms with E-state index >= 15 is 0 Å². The highest BCUT2D eigenvalue weighted by atomic mass is 35.5. The van der Waals surface area contributed by atoms with Gasteiger partial charge < -0.3 is 10.3 Å². The molecule has 0 bridgehead atoms. The van der Waals surface area contributed by atoms with Crippen LogP contribution < -0.4 is 5.73 Å². The Bertz CT molecular complexity index is 727. The highest BCUT2D eigenvalue weighted by molar-refractivity contribution is 7.15. The van der Waals surface area contributed by atoms with Gasteiger partial charge in [0.05, 0.1) is 11.7 Å². The first-order chi connectivity index (χ1) is 9.26. The van der Waals surface area contributed by atoms with E-state index in [0.717, 1.165) is 36.2 Å². The van der Waals surface area contributed by atoms with Gasteiger partial charge in [0.1, 0.15) is 16.9 Å². The molecule has 0 unspecified atom stereocenters. The van der Waals surface area contributed by atoms with Crippen LogP contribution in [0, 0.1) is 0 Å². The molecule has 0 aromatic carbocycles. The van der Waals surface area contributed by atoms with Gasteiger partial charge in [0.15, 0.2) is 5.82 Å². The Morgan fingerprint density at radius 2 is 2.15 bits per heavy atom. The van der Waals surface area contributed by atoms with Crippen LogP contribution in [0.5, 0.6) is 0 Å². The van der Waals surface area contributed by atoms with Crippen LogP contribution in [-0.2, 0) is 5.54 Å². The van der Waals surface area contributed by atoms with Crippen LogP contribution in [0.3, 0.4) is 0 Å². The van der Waals surface area contributed by atoms with E-state index in [-0.39, 0.29) is 12.4 Å². The van der Waals surface area contributed by atoms with E-state index in [1.165, 1.54) is 0 Å². The zero-order valence-corrected chi connectivity index (χ0v) is 12.3. The molecule has 3 aromatic rings. The van der Waals surface area contributed by atoms with Gasteiger partial charge in [-0.05, 0) is 12.8 Å². The lowest BCUT2D eigenvalue weighted by Gasteiger charge is -2.17. The molecule has 1 aliphatic carbocycles. The van der Waals surface area contributed by atoms with Gasteiger partial charge in [0, 0.05) is 5.38 Å². The third-order valence-electron chi connectivity index (χ3n) is 3.74. The number of thiazole rings is 1. The topological polar surface area (TPSA) is 82.2 Å². The van der Waals surface area contributed by atoms with Crippen molar-refractivity contribution in [3.05, 3.63) is 23.7 Å². The van der Waals surface area contributed by atoms with Crippen LogP contribution in [0.25, 0.3) is 16.4 Å². The summed E-state index contributed by atoms with van der Waals surface area (Å²) in [6.45, 7) is 0. The first-order valence-corrected chi connectivity index (χ1v) is 7.17. The summed E-state index contributed by atoms with van der Waals surface area (Å²) in [6, 6.07) is 0. The summed E-state index contributed by atoms with van der Waals surface area (Å²) in [5.41, 5.74) is 6.80. The molecule has 1 aliphatic rings. The van der Waals surface area contributed by atoms with Gasteiger partial charge in [-0.2, -0.15) is 4.98 Å². The van der Waals surface area contributed by atoms with Crippen molar-refractivity contribution in [1.29, 1.82) is 0 Å². The van der Waals surface area contributed by atoms with E-state index in [1.54, 1.807) is 17.7 Å².